The Morgan fingerprint density at radius 3 is 2.69 bits per heavy atom. The third-order valence-electron chi connectivity index (χ3n) is 4.79. The Morgan fingerprint density at radius 1 is 1.24 bits per heavy atom. The van der Waals surface area contributed by atoms with Gasteiger partial charge in [0.1, 0.15) is 16.9 Å². The van der Waals surface area contributed by atoms with Gasteiger partial charge >= 0.3 is 0 Å². The number of amides is 2. The van der Waals surface area contributed by atoms with Crippen LogP contribution in [0.2, 0.25) is 0 Å². The molecule has 0 radical (unpaired) electrons. The minimum atomic E-state index is -0.856. The van der Waals surface area contributed by atoms with Crippen molar-refractivity contribution in [3.05, 3.63) is 59.7 Å². The first-order valence-corrected chi connectivity index (χ1v) is 10.2. The van der Waals surface area contributed by atoms with E-state index in [0.717, 1.165) is 36.2 Å². The number of benzene rings is 2. The summed E-state index contributed by atoms with van der Waals surface area (Å²) < 4.78 is 26.8. The molecule has 150 valence electrons. The second kappa shape index (κ2) is 7.94. The molecule has 5 nitrogen and oxygen atoms in total. The number of anilines is 1. The summed E-state index contributed by atoms with van der Waals surface area (Å²) in [5, 5.41) is 2.39. The number of hydrogen-bond acceptors (Lipinski definition) is 4. The number of thioether (sulfide) groups is 1. The molecule has 2 aliphatic rings. The number of hydrogen-bond donors (Lipinski definition) is 1. The van der Waals surface area contributed by atoms with E-state index in [1.807, 2.05) is 31.2 Å². The molecule has 29 heavy (non-hydrogen) atoms. The number of para-hydroxylation sites is 1. The molecule has 1 saturated heterocycles. The Morgan fingerprint density at radius 2 is 2.00 bits per heavy atom. The second-order valence-corrected chi connectivity index (χ2v) is 8.27. The zero-order valence-corrected chi connectivity index (χ0v) is 16.5. The normalized spacial score (nSPS) is 20.4. The number of carbonyl (C=O) groups excluding carboxylic acids is 2. The van der Waals surface area contributed by atoms with Crippen LogP contribution in [0.4, 0.5) is 20.2 Å². The van der Waals surface area contributed by atoms with Crippen molar-refractivity contribution in [3.63, 3.8) is 0 Å². The molecule has 0 spiro atoms. The molecule has 8 heteroatoms. The Balaban J connectivity index is 1.50. The van der Waals surface area contributed by atoms with Crippen molar-refractivity contribution in [2.24, 2.45) is 4.99 Å². The van der Waals surface area contributed by atoms with Gasteiger partial charge in [0.05, 0.1) is 11.4 Å². The van der Waals surface area contributed by atoms with Crippen LogP contribution in [0.15, 0.2) is 47.5 Å². The highest BCUT2D eigenvalue weighted by Crippen LogP contribution is 2.39. The van der Waals surface area contributed by atoms with E-state index in [4.69, 9.17) is 0 Å². The summed E-state index contributed by atoms with van der Waals surface area (Å²) in [6, 6.07) is 10.7. The van der Waals surface area contributed by atoms with Crippen LogP contribution in [0.25, 0.3) is 0 Å². The van der Waals surface area contributed by atoms with Crippen LogP contribution >= 0.6 is 11.8 Å². The molecular formula is C21H19F2N3O2S. The summed E-state index contributed by atoms with van der Waals surface area (Å²) >= 11 is 1.26. The monoisotopic (exact) mass is 415 g/mol. The van der Waals surface area contributed by atoms with Gasteiger partial charge in [-0.2, -0.15) is 0 Å². The molecule has 0 bridgehead atoms. The first-order chi connectivity index (χ1) is 13.9. The van der Waals surface area contributed by atoms with E-state index in [2.05, 4.69) is 10.3 Å². The lowest BCUT2D eigenvalue weighted by Gasteiger charge is -2.15. The minimum absolute atomic E-state index is 0.111. The molecule has 1 aliphatic heterocycles. The lowest BCUT2D eigenvalue weighted by molar-refractivity contribution is -0.128. The zero-order chi connectivity index (χ0) is 20.5. The Hall–Kier alpha value is -2.74. The van der Waals surface area contributed by atoms with E-state index in [0.29, 0.717) is 11.2 Å². The molecule has 1 unspecified atom stereocenters. The Labute approximate surface area is 171 Å². The molecule has 1 heterocycles. The van der Waals surface area contributed by atoms with Crippen molar-refractivity contribution in [2.45, 2.75) is 37.5 Å². The summed E-state index contributed by atoms with van der Waals surface area (Å²) in [7, 11) is 0. The predicted molar refractivity (Wildman–Crippen MR) is 109 cm³/mol. The summed E-state index contributed by atoms with van der Waals surface area (Å²) in [5.41, 5.74) is 1.67. The number of nitrogens with one attached hydrogen (secondary N) is 1. The van der Waals surface area contributed by atoms with Crippen LogP contribution in [0.1, 0.15) is 24.8 Å². The van der Waals surface area contributed by atoms with Crippen LogP contribution in [-0.2, 0) is 9.59 Å². The number of carbonyl (C=O) groups is 2. The first kappa shape index (κ1) is 19.6. The average Bonchev–Trinajstić information content (AvgIpc) is 3.45. The number of halogens is 2. The Bertz CT molecular complexity index is 1010. The molecule has 1 N–H and O–H groups in total. The average molecular weight is 415 g/mol. The van der Waals surface area contributed by atoms with Crippen molar-refractivity contribution in [1.29, 1.82) is 0 Å². The summed E-state index contributed by atoms with van der Waals surface area (Å²) in [4.78, 5) is 31.6. The fourth-order valence-electron chi connectivity index (χ4n) is 3.11. The predicted octanol–water partition coefficient (Wildman–Crippen LogP) is 4.40. The highest BCUT2D eigenvalue weighted by molar-refractivity contribution is 8.15. The van der Waals surface area contributed by atoms with Gasteiger partial charge < -0.3 is 5.32 Å². The summed E-state index contributed by atoms with van der Waals surface area (Å²) in [5.74, 6) is -2.24. The fourth-order valence-corrected chi connectivity index (χ4v) is 4.32. The highest BCUT2D eigenvalue weighted by Gasteiger charge is 2.46. The topological polar surface area (TPSA) is 61.8 Å². The van der Waals surface area contributed by atoms with E-state index >= 15 is 0 Å². The molecule has 2 aromatic rings. The van der Waals surface area contributed by atoms with Crippen molar-refractivity contribution < 1.29 is 18.4 Å². The van der Waals surface area contributed by atoms with Crippen LogP contribution < -0.4 is 5.32 Å². The fraction of sp³-hybridized carbons (Fsp3) is 0.286. The van der Waals surface area contributed by atoms with Crippen LogP contribution in [0, 0.1) is 18.6 Å². The lowest BCUT2D eigenvalue weighted by Crippen LogP contribution is -2.35. The van der Waals surface area contributed by atoms with E-state index in [1.165, 1.54) is 11.8 Å². The van der Waals surface area contributed by atoms with Gasteiger partial charge in [0.25, 0.3) is 0 Å². The quantitative estimate of drug-likeness (QED) is 0.788. The van der Waals surface area contributed by atoms with Gasteiger partial charge in [-0.05, 0) is 43.5 Å². The maximum atomic E-state index is 13.8. The molecule has 1 atom stereocenters. The number of aliphatic imine (C=N–C) groups is 1. The molecule has 2 amide bonds. The number of rotatable bonds is 5. The van der Waals surface area contributed by atoms with Crippen LogP contribution in [0.5, 0.6) is 0 Å². The molecule has 1 saturated carbocycles. The van der Waals surface area contributed by atoms with Crippen molar-refractivity contribution in [3.8, 4) is 0 Å². The zero-order valence-electron chi connectivity index (χ0n) is 15.7. The van der Waals surface area contributed by atoms with Crippen LogP contribution in [-0.4, -0.2) is 33.2 Å². The smallest absolute Gasteiger partial charge is 0.242 e. The largest absolute Gasteiger partial charge is 0.324 e. The maximum absolute atomic E-state index is 13.8. The number of amidine groups is 1. The second-order valence-electron chi connectivity index (χ2n) is 7.10. The van der Waals surface area contributed by atoms with E-state index in [9.17, 15) is 18.4 Å². The van der Waals surface area contributed by atoms with Gasteiger partial charge in [0.15, 0.2) is 5.17 Å². The molecule has 4 rings (SSSR count). The van der Waals surface area contributed by atoms with E-state index in [1.54, 1.807) is 4.90 Å². The lowest BCUT2D eigenvalue weighted by atomic mass is 10.2. The summed E-state index contributed by atoms with van der Waals surface area (Å²) in [6.07, 6.45) is 1.72. The van der Waals surface area contributed by atoms with Gasteiger partial charge in [-0.15, -0.1) is 0 Å². The van der Waals surface area contributed by atoms with Crippen LogP contribution in [0.3, 0.4) is 0 Å². The third-order valence-corrected chi connectivity index (χ3v) is 5.94. The maximum Gasteiger partial charge on any atom is 0.242 e. The van der Waals surface area contributed by atoms with Gasteiger partial charge in [0, 0.05) is 18.5 Å². The van der Waals surface area contributed by atoms with Gasteiger partial charge in [-0.3, -0.25) is 14.5 Å². The molecule has 0 aromatic heterocycles. The van der Waals surface area contributed by atoms with Gasteiger partial charge in [-0.25, -0.2) is 13.8 Å². The number of nitrogens with zero attached hydrogens (tertiary/aromatic N) is 2. The van der Waals surface area contributed by atoms with Gasteiger partial charge in [0.2, 0.25) is 11.8 Å². The van der Waals surface area contributed by atoms with Crippen molar-refractivity contribution >= 4 is 40.1 Å². The molecule has 2 fully saturated rings. The number of aryl methyl sites for hydroxylation is 1. The van der Waals surface area contributed by atoms with E-state index < -0.39 is 22.8 Å². The highest BCUT2D eigenvalue weighted by atomic mass is 32.2. The molecular weight excluding hydrogens is 396 g/mol. The SMILES string of the molecule is Cc1ccccc1N=C1SC(CC(=O)Nc2ccc(F)cc2F)C(=O)N1C1CC1. The molecule has 2 aromatic carbocycles. The van der Waals surface area contributed by atoms with Crippen molar-refractivity contribution in [2.75, 3.05) is 5.32 Å². The van der Waals surface area contributed by atoms with Gasteiger partial charge in [-0.1, -0.05) is 30.0 Å². The minimum Gasteiger partial charge on any atom is -0.324 e. The Kier molecular flexibility index (Phi) is 5.36. The van der Waals surface area contributed by atoms with E-state index in [-0.39, 0.29) is 24.1 Å². The third kappa shape index (κ3) is 4.32. The van der Waals surface area contributed by atoms with Crippen molar-refractivity contribution in [1.82, 2.24) is 4.90 Å². The first-order valence-electron chi connectivity index (χ1n) is 9.31. The standard InChI is InChI=1S/C21H19F2N3O2S/c1-12-4-2-3-5-16(12)25-21-26(14-7-8-14)20(28)18(29-21)11-19(27)24-17-9-6-13(22)10-15(17)23/h2-6,9-10,14,18H,7-8,11H2,1H3,(H,24,27). The summed E-state index contributed by atoms with van der Waals surface area (Å²) in [6.45, 7) is 1.95. The molecule has 1 aliphatic carbocycles.